The molecule has 1 aromatic carbocycles. The van der Waals surface area contributed by atoms with Crippen LogP contribution in [0.5, 0.6) is 11.5 Å². The lowest BCUT2D eigenvalue weighted by Gasteiger charge is -2.08. The van der Waals surface area contributed by atoms with Gasteiger partial charge in [0.25, 0.3) is 0 Å². The van der Waals surface area contributed by atoms with Crippen LogP contribution in [0.15, 0.2) is 24.3 Å². The molecule has 1 aromatic rings. The third kappa shape index (κ3) is 4.44. The van der Waals surface area contributed by atoms with Gasteiger partial charge >= 0.3 is 16.4 Å². The SMILES string of the molecule is COc1cc(C=CC(=O)O)ccc1OS(=O)(=O)O. The second-order valence-electron chi connectivity index (χ2n) is 3.09. The molecule has 0 amide bonds. The molecule has 0 aliphatic carbocycles. The first-order valence-electron chi connectivity index (χ1n) is 4.58. The Morgan fingerprint density at radius 2 is 2.00 bits per heavy atom. The molecule has 8 heteroatoms. The van der Waals surface area contributed by atoms with Crippen LogP contribution in [0.3, 0.4) is 0 Å². The van der Waals surface area contributed by atoms with Crippen molar-refractivity contribution in [3.05, 3.63) is 29.8 Å². The van der Waals surface area contributed by atoms with Crippen LogP contribution in [0.4, 0.5) is 0 Å². The van der Waals surface area contributed by atoms with Gasteiger partial charge in [-0.3, -0.25) is 4.55 Å². The van der Waals surface area contributed by atoms with Crippen molar-refractivity contribution in [3.8, 4) is 11.5 Å². The Balaban J connectivity index is 3.07. The van der Waals surface area contributed by atoms with Crippen molar-refractivity contribution in [2.45, 2.75) is 0 Å². The van der Waals surface area contributed by atoms with E-state index in [-0.39, 0.29) is 11.5 Å². The lowest BCUT2D eigenvalue weighted by atomic mass is 10.2. The van der Waals surface area contributed by atoms with Crippen molar-refractivity contribution in [1.29, 1.82) is 0 Å². The number of hydrogen-bond donors (Lipinski definition) is 2. The Kier molecular flexibility index (Phi) is 4.29. The summed E-state index contributed by atoms with van der Waals surface area (Å²) in [5, 5.41) is 8.45. The van der Waals surface area contributed by atoms with Gasteiger partial charge in [0, 0.05) is 6.08 Å². The lowest BCUT2D eigenvalue weighted by molar-refractivity contribution is -0.131. The molecule has 0 spiro atoms. The van der Waals surface area contributed by atoms with E-state index in [4.69, 9.17) is 14.4 Å². The van der Waals surface area contributed by atoms with E-state index < -0.39 is 16.4 Å². The van der Waals surface area contributed by atoms with Crippen LogP contribution in [-0.4, -0.2) is 31.2 Å². The average molecular weight is 274 g/mol. The van der Waals surface area contributed by atoms with Crippen molar-refractivity contribution >= 4 is 22.4 Å². The monoisotopic (exact) mass is 274 g/mol. The van der Waals surface area contributed by atoms with Gasteiger partial charge in [0.1, 0.15) is 0 Å². The predicted octanol–water partition coefficient (Wildman–Crippen LogP) is 0.975. The van der Waals surface area contributed by atoms with E-state index in [0.29, 0.717) is 5.56 Å². The highest BCUT2D eigenvalue weighted by molar-refractivity contribution is 7.81. The quantitative estimate of drug-likeness (QED) is 0.608. The van der Waals surface area contributed by atoms with Crippen LogP contribution in [0.25, 0.3) is 6.08 Å². The number of aliphatic carboxylic acids is 1. The van der Waals surface area contributed by atoms with Gasteiger partial charge in [0.05, 0.1) is 7.11 Å². The first-order chi connectivity index (χ1) is 8.31. The average Bonchev–Trinajstić information content (AvgIpc) is 2.25. The molecule has 0 unspecified atom stereocenters. The van der Waals surface area contributed by atoms with Crippen LogP contribution in [0.2, 0.25) is 0 Å². The minimum atomic E-state index is -4.64. The van der Waals surface area contributed by atoms with E-state index in [1.165, 1.54) is 31.4 Å². The Hall–Kier alpha value is -2.06. The third-order valence-corrected chi connectivity index (χ3v) is 2.19. The van der Waals surface area contributed by atoms with Gasteiger partial charge in [-0.15, -0.1) is 0 Å². The summed E-state index contributed by atoms with van der Waals surface area (Å²) in [6.45, 7) is 0. The zero-order valence-corrected chi connectivity index (χ0v) is 10.0. The first-order valence-corrected chi connectivity index (χ1v) is 5.94. The molecular weight excluding hydrogens is 264 g/mol. The number of rotatable bonds is 5. The highest BCUT2D eigenvalue weighted by Crippen LogP contribution is 2.29. The summed E-state index contributed by atoms with van der Waals surface area (Å²) in [4.78, 5) is 10.3. The van der Waals surface area contributed by atoms with Crippen LogP contribution in [0.1, 0.15) is 5.56 Å². The van der Waals surface area contributed by atoms with Crippen molar-refractivity contribution in [1.82, 2.24) is 0 Å². The van der Waals surface area contributed by atoms with E-state index in [2.05, 4.69) is 4.18 Å². The topological polar surface area (TPSA) is 110 Å². The first kappa shape index (κ1) is 14.0. The fraction of sp³-hybridized carbons (Fsp3) is 0.100. The summed E-state index contributed by atoms with van der Waals surface area (Å²) in [6, 6.07) is 4.00. The van der Waals surface area contributed by atoms with E-state index >= 15 is 0 Å². The van der Waals surface area contributed by atoms with E-state index in [1.54, 1.807) is 0 Å². The minimum Gasteiger partial charge on any atom is -0.493 e. The standard InChI is InChI=1S/C10H10O7S/c1-16-9-6-7(3-5-10(11)12)2-4-8(9)17-18(13,14)15/h2-6H,1H3,(H,11,12)(H,13,14,15). The fourth-order valence-corrected chi connectivity index (χ4v) is 1.50. The molecule has 7 nitrogen and oxygen atoms in total. The smallest absolute Gasteiger partial charge is 0.446 e. The zero-order chi connectivity index (χ0) is 13.8. The third-order valence-electron chi connectivity index (χ3n) is 1.80. The molecular formula is C10H10O7S. The molecule has 0 aliphatic heterocycles. The number of carboxylic acid groups (broad SMARTS) is 1. The highest BCUT2D eigenvalue weighted by atomic mass is 32.3. The highest BCUT2D eigenvalue weighted by Gasteiger charge is 2.12. The summed E-state index contributed by atoms with van der Waals surface area (Å²) >= 11 is 0. The van der Waals surface area contributed by atoms with Gasteiger partial charge in [0.15, 0.2) is 11.5 Å². The van der Waals surface area contributed by atoms with Crippen molar-refractivity contribution < 1.29 is 31.8 Å². The van der Waals surface area contributed by atoms with Crippen molar-refractivity contribution in [2.24, 2.45) is 0 Å². The molecule has 0 heterocycles. The van der Waals surface area contributed by atoms with Gasteiger partial charge in [-0.2, -0.15) is 8.42 Å². The summed E-state index contributed by atoms with van der Waals surface area (Å²) < 4.78 is 38.8. The number of methoxy groups -OCH3 is 1. The zero-order valence-electron chi connectivity index (χ0n) is 9.23. The number of hydrogen-bond acceptors (Lipinski definition) is 5. The largest absolute Gasteiger partial charge is 0.493 e. The Morgan fingerprint density at radius 3 is 2.50 bits per heavy atom. The number of ether oxygens (including phenoxy) is 1. The molecule has 0 radical (unpaired) electrons. The molecule has 0 fully saturated rings. The Labute approximate surface area is 103 Å². The maximum atomic E-state index is 10.6. The number of carbonyl (C=O) groups is 1. The Bertz CT molecular complexity index is 574. The van der Waals surface area contributed by atoms with Crippen molar-refractivity contribution in [2.75, 3.05) is 7.11 Å². The van der Waals surface area contributed by atoms with Crippen LogP contribution in [0, 0.1) is 0 Å². The fourth-order valence-electron chi connectivity index (χ4n) is 1.14. The van der Waals surface area contributed by atoms with Crippen molar-refractivity contribution in [3.63, 3.8) is 0 Å². The molecule has 0 atom stereocenters. The summed E-state index contributed by atoms with van der Waals surface area (Å²) in [5.74, 6) is -1.28. The molecule has 0 aliphatic rings. The minimum absolute atomic E-state index is 0.0418. The molecule has 0 bridgehead atoms. The van der Waals surface area contributed by atoms with Gasteiger partial charge in [-0.25, -0.2) is 4.79 Å². The molecule has 98 valence electrons. The normalized spacial score (nSPS) is 11.4. The second-order valence-corrected chi connectivity index (χ2v) is 4.12. The van der Waals surface area contributed by atoms with Crippen LogP contribution >= 0.6 is 0 Å². The summed E-state index contributed by atoms with van der Waals surface area (Å²) in [7, 11) is -3.37. The van der Waals surface area contributed by atoms with Crippen LogP contribution in [-0.2, 0) is 15.2 Å². The van der Waals surface area contributed by atoms with E-state index in [0.717, 1.165) is 6.08 Å². The van der Waals surface area contributed by atoms with Gasteiger partial charge in [-0.1, -0.05) is 6.07 Å². The molecule has 18 heavy (non-hydrogen) atoms. The van der Waals surface area contributed by atoms with Crippen LogP contribution < -0.4 is 8.92 Å². The molecule has 0 saturated heterocycles. The maximum absolute atomic E-state index is 10.6. The van der Waals surface area contributed by atoms with E-state index in [9.17, 15) is 13.2 Å². The molecule has 0 aromatic heterocycles. The maximum Gasteiger partial charge on any atom is 0.446 e. The lowest BCUT2D eigenvalue weighted by Crippen LogP contribution is -2.07. The summed E-state index contributed by atoms with van der Waals surface area (Å²) in [5.41, 5.74) is 0.469. The number of benzene rings is 1. The van der Waals surface area contributed by atoms with Gasteiger partial charge in [-0.05, 0) is 23.8 Å². The second kappa shape index (κ2) is 5.52. The molecule has 0 saturated carbocycles. The van der Waals surface area contributed by atoms with Gasteiger partial charge in [0.2, 0.25) is 0 Å². The summed E-state index contributed by atoms with van der Waals surface area (Å²) in [6.07, 6.45) is 2.21. The van der Waals surface area contributed by atoms with Gasteiger partial charge < -0.3 is 14.0 Å². The molecule has 2 N–H and O–H groups in total. The molecule has 1 rings (SSSR count). The predicted molar refractivity (Wildman–Crippen MR) is 61.8 cm³/mol. The number of carboxylic acids is 1. The Morgan fingerprint density at radius 1 is 1.33 bits per heavy atom. The van der Waals surface area contributed by atoms with E-state index in [1.807, 2.05) is 0 Å².